The summed E-state index contributed by atoms with van der Waals surface area (Å²) >= 11 is 0. The molecule has 0 fully saturated rings. The minimum absolute atomic E-state index is 0.0654. The molecule has 3 heteroatoms. The van der Waals surface area contributed by atoms with E-state index in [1.165, 1.54) is 0 Å². The molecule has 0 unspecified atom stereocenters. The van der Waals surface area contributed by atoms with Gasteiger partial charge >= 0.3 is 0 Å². The number of nitrogen functional groups attached to an aromatic ring is 1. The minimum Gasteiger partial charge on any atom is -0.497 e. The number of anilines is 1. The number of hydrogen-bond donors (Lipinski definition) is 1. The number of hydrogen-bond acceptors (Lipinski definition) is 3. The Labute approximate surface area is 135 Å². The lowest BCUT2D eigenvalue weighted by Gasteiger charge is -2.07. The van der Waals surface area contributed by atoms with Gasteiger partial charge in [-0.15, -0.1) is 0 Å². The molecular formula is C20H17NO2. The van der Waals surface area contributed by atoms with Gasteiger partial charge in [0.1, 0.15) is 5.75 Å². The molecule has 3 aromatic rings. The molecule has 0 saturated heterocycles. The lowest BCUT2D eigenvalue weighted by Crippen LogP contribution is -2.04. The van der Waals surface area contributed by atoms with E-state index in [1.807, 2.05) is 60.7 Å². The average molecular weight is 303 g/mol. The van der Waals surface area contributed by atoms with Crippen molar-refractivity contribution in [1.29, 1.82) is 0 Å². The SMILES string of the molecule is COc1ccc(-c2ccc(C(=O)c3ccccc3N)cc2)cc1. The first kappa shape index (κ1) is 14.9. The van der Waals surface area contributed by atoms with E-state index in [1.54, 1.807) is 19.2 Å². The Bertz CT molecular complexity index is 821. The van der Waals surface area contributed by atoms with Crippen molar-refractivity contribution in [3.63, 3.8) is 0 Å². The zero-order valence-electron chi connectivity index (χ0n) is 12.8. The topological polar surface area (TPSA) is 52.3 Å². The first-order valence-electron chi connectivity index (χ1n) is 7.33. The van der Waals surface area contributed by atoms with Gasteiger partial charge in [-0.25, -0.2) is 0 Å². The van der Waals surface area contributed by atoms with Crippen LogP contribution in [0.1, 0.15) is 15.9 Å². The Kier molecular flexibility index (Phi) is 4.11. The molecule has 0 spiro atoms. The zero-order chi connectivity index (χ0) is 16.2. The van der Waals surface area contributed by atoms with E-state index in [4.69, 9.17) is 10.5 Å². The van der Waals surface area contributed by atoms with Crippen molar-refractivity contribution in [3.05, 3.63) is 83.9 Å². The van der Waals surface area contributed by atoms with Crippen molar-refractivity contribution in [2.45, 2.75) is 0 Å². The Morgan fingerprint density at radius 1 is 0.826 bits per heavy atom. The summed E-state index contributed by atoms with van der Waals surface area (Å²) in [6, 6.07) is 22.5. The number of para-hydroxylation sites is 1. The fourth-order valence-corrected chi connectivity index (χ4v) is 2.46. The minimum atomic E-state index is -0.0654. The molecule has 0 aliphatic heterocycles. The van der Waals surface area contributed by atoms with E-state index in [-0.39, 0.29) is 5.78 Å². The van der Waals surface area contributed by atoms with Crippen molar-refractivity contribution < 1.29 is 9.53 Å². The third kappa shape index (κ3) is 3.09. The van der Waals surface area contributed by atoms with Crippen molar-refractivity contribution in [2.24, 2.45) is 0 Å². The van der Waals surface area contributed by atoms with Crippen molar-refractivity contribution >= 4 is 11.5 Å². The summed E-state index contributed by atoms with van der Waals surface area (Å²) in [7, 11) is 1.64. The normalized spacial score (nSPS) is 10.3. The first-order valence-corrected chi connectivity index (χ1v) is 7.33. The van der Waals surface area contributed by atoms with E-state index < -0.39 is 0 Å². The molecule has 23 heavy (non-hydrogen) atoms. The van der Waals surface area contributed by atoms with Crippen LogP contribution < -0.4 is 10.5 Å². The van der Waals surface area contributed by atoms with E-state index in [2.05, 4.69) is 0 Å². The van der Waals surface area contributed by atoms with Crippen molar-refractivity contribution in [3.8, 4) is 16.9 Å². The van der Waals surface area contributed by atoms with E-state index in [0.717, 1.165) is 16.9 Å². The maximum atomic E-state index is 12.5. The largest absolute Gasteiger partial charge is 0.497 e. The maximum absolute atomic E-state index is 12.5. The van der Waals surface area contributed by atoms with E-state index in [0.29, 0.717) is 16.8 Å². The molecule has 0 aliphatic rings. The first-order chi connectivity index (χ1) is 11.2. The van der Waals surface area contributed by atoms with Crippen LogP contribution in [0.4, 0.5) is 5.69 Å². The highest BCUT2D eigenvalue weighted by molar-refractivity contribution is 6.12. The Balaban J connectivity index is 1.87. The van der Waals surface area contributed by atoms with Crippen LogP contribution in [0.5, 0.6) is 5.75 Å². The van der Waals surface area contributed by atoms with Gasteiger partial charge in [-0.3, -0.25) is 4.79 Å². The fourth-order valence-electron chi connectivity index (χ4n) is 2.46. The zero-order valence-corrected chi connectivity index (χ0v) is 12.8. The fraction of sp³-hybridized carbons (Fsp3) is 0.0500. The van der Waals surface area contributed by atoms with Crippen LogP contribution in [-0.2, 0) is 0 Å². The van der Waals surface area contributed by atoms with Gasteiger partial charge in [-0.05, 0) is 35.4 Å². The van der Waals surface area contributed by atoms with Crippen LogP contribution >= 0.6 is 0 Å². The van der Waals surface area contributed by atoms with Gasteiger partial charge < -0.3 is 10.5 Å². The molecule has 2 N–H and O–H groups in total. The average Bonchev–Trinajstić information content (AvgIpc) is 2.62. The summed E-state index contributed by atoms with van der Waals surface area (Å²) in [5.74, 6) is 0.754. The van der Waals surface area contributed by atoms with Gasteiger partial charge in [0, 0.05) is 16.8 Å². The van der Waals surface area contributed by atoms with Crippen molar-refractivity contribution in [2.75, 3.05) is 12.8 Å². The molecule has 3 nitrogen and oxygen atoms in total. The quantitative estimate of drug-likeness (QED) is 0.581. The molecule has 0 aromatic heterocycles. The summed E-state index contributed by atoms with van der Waals surface area (Å²) in [5.41, 5.74) is 9.65. The number of ether oxygens (including phenoxy) is 1. The van der Waals surface area contributed by atoms with Gasteiger partial charge in [-0.1, -0.05) is 48.5 Å². The molecule has 0 atom stereocenters. The van der Waals surface area contributed by atoms with Gasteiger partial charge in [0.05, 0.1) is 7.11 Å². The van der Waals surface area contributed by atoms with E-state index in [9.17, 15) is 4.79 Å². The Hall–Kier alpha value is -3.07. The lowest BCUT2D eigenvalue weighted by atomic mass is 9.98. The summed E-state index contributed by atoms with van der Waals surface area (Å²) < 4.78 is 5.16. The molecule has 0 radical (unpaired) electrons. The van der Waals surface area contributed by atoms with Crippen LogP contribution in [0.3, 0.4) is 0 Å². The number of carbonyl (C=O) groups excluding carboxylic acids is 1. The van der Waals surface area contributed by atoms with Crippen LogP contribution in [0, 0.1) is 0 Å². The molecular weight excluding hydrogens is 286 g/mol. The Morgan fingerprint density at radius 2 is 1.39 bits per heavy atom. The number of methoxy groups -OCH3 is 1. The molecule has 0 amide bonds. The number of carbonyl (C=O) groups is 1. The van der Waals surface area contributed by atoms with Crippen LogP contribution in [-0.4, -0.2) is 12.9 Å². The number of nitrogens with two attached hydrogens (primary N) is 1. The third-order valence-electron chi connectivity index (χ3n) is 3.78. The number of rotatable bonds is 4. The molecule has 3 aromatic carbocycles. The van der Waals surface area contributed by atoms with Gasteiger partial charge in [0.15, 0.2) is 5.78 Å². The standard InChI is InChI=1S/C20H17NO2/c1-23-17-12-10-15(11-13-17)14-6-8-16(9-7-14)20(22)18-4-2-3-5-19(18)21/h2-13H,21H2,1H3. The summed E-state index contributed by atoms with van der Waals surface area (Å²) in [5, 5.41) is 0. The number of ketones is 1. The second-order valence-electron chi connectivity index (χ2n) is 5.22. The van der Waals surface area contributed by atoms with E-state index >= 15 is 0 Å². The van der Waals surface area contributed by atoms with Crippen LogP contribution in [0.25, 0.3) is 11.1 Å². The highest BCUT2D eigenvalue weighted by atomic mass is 16.5. The summed E-state index contributed by atoms with van der Waals surface area (Å²) in [6.45, 7) is 0. The number of benzene rings is 3. The van der Waals surface area contributed by atoms with Gasteiger partial charge in [0.25, 0.3) is 0 Å². The highest BCUT2D eigenvalue weighted by Crippen LogP contribution is 2.24. The van der Waals surface area contributed by atoms with Gasteiger partial charge in [0.2, 0.25) is 0 Å². The monoisotopic (exact) mass is 303 g/mol. The molecule has 0 heterocycles. The predicted molar refractivity (Wildman–Crippen MR) is 92.7 cm³/mol. The Morgan fingerprint density at radius 3 is 1.96 bits per heavy atom. The maximum Gasteiger partial charge on any atom is 0.195 e. The molecule has 0 bridgehead atoms. The van der Waals surface area contributed by atoms with Gasteiger partial charge in [-0.2, -0.15) is 0 Å². The predicted octanol–water partition coefficient (Wildman–Crippen LogP) is 4.18. The molecule has 0 saturated carbocycles. The lowest BCUT2D eigenvalue weighted by molar-refractivity contribution is 0.103. The van der Waals surface area contributed by atoms with Crippen molar-refractivity contribution in [1.82, 2.24) is 0 Å². The molecule has 114 valence electrons. The second kappa shape index (κ2) is 6.36. The molecule has 3 rings (SSSR count). The second-order valence-corrected chi connectivity index (χ2v) is 5.22. The smallest absolute Gasteiger partial charge is 0.195 e. The molecule has 0 aliphatic carbocycles. The summed E-state index contributed by atoms with van der Waals surface area (Å²) in [4.78, 5) is 12.5. The summed E-state index contributed by atoms with van der Waals surface area (Å²) in [6.07, 6.45) is 0. The van der Waals surface area contributed by atoms with Crippen LogP contribution in [0.2, 0.25) is 0 Å². The third-order valence-corrected chi connectivity index (χ3v) is 3.78. The highest BCUT2D eigenvalue weighted by Gasteiger charge is 2.11. The van der Waals surface area contributed by atoms with Crippen LogP contribution in [0.15, 0.2) is 72.8 Å².